The molecule has 5 aliphatic rings. The van der Waals surface area contributed by atoms with Crippen LogP contribution in [0.2, 0.25) is 0 Å². The summed E-state index contributed by atoms with van der Waals surface area (Å²) in [5.74, 6) is 8.39. The fourth-order valence-electron chi connectivity index (χ4n) is 9.78. The van der Waals surface area contributed by atoms with E-state index in [2.05, 4.69) is 47.6 Å². The fraction of sp³-hybridized carbons (Fsp3) is 0.931. The molecule has 7 unspecified atom stereocenters. The molecule has 30 heavy (non-hydrogen) atoms. The van der Waals surface area contributed by atoms with E-state index in [1.807, 2.05) is 0 Å². The van der Waals surface area contributed by atoms with Gasteiger partial charge < -0.3 is 5.11 Å². The molecule has 4 fully saturated rings. The van der Waals surface area contributed by atoms with Crippen molar-refractivity contribution in [2.75, 3.05) is 0 Å². The van der Waals surface area contributed by atoms with Crippen molar-refractivity contribution in [2.24, 2.45) is 64.1 Å². The molecule has 1 N–H and O–H groups in total. The number of aliphatic hydroxyl groups is 1. The first-order chi connectivity index (χ1) is 14.2. The van der Waals surface area contributed by atoms with Crippen molar-refractivity contribution in [1.82, 2.24) is 0 Å². The van der Waals surface area contributed by atoms with Gasteiger partial charge in [-0.3, -0.25) is 0 Å². The monoisotopic (exact) mass is 412 g/mol. The number of allylic oxidation sites excluding steroid dienone is 1. The minimum atomic E-state index is -0.0776. The smallest absolute Gasteiger partial charge is 0.0577 e. The zero-order valence-electron chi connectivity index (χ0n) is 20.7. The average molecular weight is 413 g/mol. The van der Waals surface area contributed by atoms with Gasteiger partial charge in [-0.2, -0.15) is 0 Å². The van der Waals surface area contributed by atoms with E-state index in [1.54, 1.807) is 5.57 Å². The van der Waals surface area contributed by atoms with Crippen LogP contribution < -0.4 is 0 Å². The van der Waals surface area contributed by atoms with Crippen LogP contribution in [0.15, 0.2) is 11.6 Å². The van der Waals surface area contributed by atoms with E-state index in [4.69, 9.17) is 0 Å². The summed E-state index contributed by atoms with van der Waals surface area (Å²) in [7, 11) is 0. The number of hydrogen-bond acceptors (Lipinski definition) is 1. The average Bonchev–Trinajstić information content (AvgIpc) is 3.42. The molecule has 0 aromatic carbocycles. The minimum absolute atomic E-state index is 0.0776. The molecule has 1 nitrogen and oxygen atoms in total. The predicted octanol–water partition coefficient (Wildman–Crippen LogP) is 7.49. The quantitative estimate of drug-likeness (QED) is 0.474. The first-order valence-corrected chi connectivity index (χ1v) is 13.5. The van der Waals surface area contributed by atoms with E-state index in [0.29, 0.717) is 10.8 Å². The molecule has 11 atom stereocenters. The van der Waals surface area contributed by atoms with Gasteiger partial charge >= 0.3 is 0 Å². The van der Waals surface area contributed by atoms with Gasteiger partial charge in [-0.25, -0.2) is 0 Å². The van der Waals surface area contributed by atoms with Gasteiger partial charge in [0.25, 0.3) is 0 Å². The Labute approximate surface area is 186 Å². The van der Waals surface area contributed by atoms with E-state index >= 15 is 0 Å². The van der Waals surface area contributed by atoms with Crippen molar-refractivity contribution in [3.63, 3.8) is 0 Å². The zero-order chi connectivity index (χ0) is 21.4. The maximum atomic E-state index is 10.3. The van der Waals surface area contributed by atoms with E-state index in [-0.39, 0.29) is 6.10 Å². The molecule has 0 aromatic heterocycles. The summed E-state index contributed by atoms with van der Waals surface area (Å²) >= 11 is 0. The van der Waals surface area contributed by atoms with E-state index in [1.165, 1.54) is 44.9 Å². The lowest BCUT2D eigenvalue weighted by molar-refractivity contribution is -0.0586. The number of hydrogen-bond donors (Lipinski definition) is 1. The number of fused-ring (bicyclic) bond motifs is 5. The lowest BCUT2D eigenvalue weighted by Gasteiger charge is -2.58. The van der Waals surface area contributed by atoms with Gasteiger partial charge in [0.2, 0.25) is 0 Å². The van der Waals surface area contributed by atoms with Crippen molar-refractivity contribution in [1.29, 1.82) is 0 Å². The second-order valence-corrected chi connectivity index (χ2v) is 13.4. The van der Waals surface area contributed by atoms with E-state index < -0.39 is 0 Å². The molecule has 0 radical (unpaired) electrons. The van der Waals surface area contributed by atoms with Crippen LogP contribution in [0.1, 0.15) is 99.3 Å². The van der Waals surface area contributed by atoms with Gasteiger partial charge in [0.15, 0.2) is 0 Å². The number of rotatable bonds is 4. The molecule has 1 heteroatoms. The van der Waals surface area contributed by atoms with Crippen LogP contribution in [0.5, 0.6) is 0 Å². The molecule has 0 amide bonds. The van der Waals surface area contributed by atoms with Gasteiger partial charge in [0.1, 0.15) is 0 Å². The normalized spacial score (nSPS) is 52.1. The Morgan fingerprint density at radius 2 is 1.70 bits per heavy atom. The van der Waals surface area contributed by atoms with Crippen LogP contribution in [0, 0.1) is 64.1 Å². The molecule has 5 aliphatic carbocycles. The summed E-state index contributed by atoms with van der Waals surface area (Å²) in [5.41, 5.74) is 2.60. The lowest BCUT2D eigenvalue weighted by Crippen LogP contribution is -2.51. The van der Waals surface area contributed by atoms with Crippen molar-refractivity contribution < 1.29 is 5.11 Å². The molecule has 0 heterocycles. The van der Waals surface area contributed by atoms with Gasteiger partial charge in [-0.1, -0.05) is 53.2 Å². The Morgan fingerprint density at radius 3 is 2.43 bits per heavy atom. The predicted molar refractivity (Wildman–Crippen MR) is 126 cm³/mol. The molecule has 0 aromatic rings. The van der Waals surface area contributed by atoms with Crippen molar-refractivity contribution in [3.8, 4) is 0 Å². The fourth-order valence-corrected chi connectivity index (χ4v) is 9.78. The van der Waals surface area contributed by atoms with Gasteiger partial charge in [0.05, 0.1) is 6.10 Å². The largest absolute Gasteiger partial charge is 0.393 e. The molecule has 0 aliphatic heterocycles. The van der Waals surface area contributed by atoms with Crippen LogP contribution in [-0.2, 0) is 0 Å². The Balaban J connectivity index is 1.34. The van der Waals surface area contributed by atoms with Crippen LogP contribution in [0.25, 0.3) is 0 Å². The summed E-state index contributed by atoms with van der Waals surface area (Å²) in [6, 6.07) is 0. The highest BCUT2D eigenvalue weighted by molar-refractivity contribution is 5.25. The maximum absolute atomic E-state index is 10.3. The van der Waals surface area contributed by atoms with E-state index in [9.17, 15) is 5.11 Å². The first kappa shape index (κ1) is 21.5. The summed E-state index contributed by atoms with van der Waals surface area (Å²) in [4.78, 5) is 0. The molecular weight excluding hydrogens is 364 g/mol. The molecule has 170 valence electrons. The maximum Gasteiger partial charge on any atom is 0.0577 e. The van der Waals surface area contributed by atoms with Crippen LogP contribution in [-0.4, -0.2) is 11.2 Å². The van der Waals surface area contributed by atoms with Crippen molar-refractivity contribution >= 4 is 0 Å². The first-order valence-electron chi connectivity index (χ1n) is 13.5. The third-order valence-electron chi connectivity index (χ3n) is 12.1. The molecule has 0 spiro atoms. The molecule has 0 bridgehead atoms. The Morgan fingerprint density at radius 1 is 0.933 bits per heavy atom. The molecule has 5 rings (SSSR count). The van der Waals surface area contributed by atoms with Crippen LogP contribution in [0.4, 0.5) is 0 Å². The van der Waals surface area contributed by atoms with Gasteiger partial charge in [-0.15, -0.1) is 0 Å². The highest BCUT2D eigenvalue weighted by atomic mass is 16.3. The molecular formula is C29H48O. The van der Waals surface area contributed by atoms with Crippen LogP contribution in [0.3, 0.4) is 0 Å². The highest BCUT2D eigenvalue weighted by Crippen LogP contribution is 2.69. The minimum Gasteiger partial charge on any atom is -0.393 e. The topological polar surface area (TPSA) is 20.2 Å². The Bertz CT molecular complexity index is 692. The number of aliphatic hydroxyl groups excluding tert-OH is 1. The Hall–Kier alpha value is -0.300. The van der Waals surface area contributed by atoms with Gasteiger partial charge in [0, 0.05) is 0 Å². The summed E-state index contributed by atoms with van der Waals surface area (Å²) in [6.45, 7) is 15.3. The molecule has 4 saturated carbocycles. The van der Waals surface area contributed by atoms with Gasteiger partial charge in [-0.05, 0) is 122 Å². The SMILES string of the molecule is CC(C)C(C)C1CC1C(C)[C@H]1CCC2C3CC=C4C[C@@H](O)CC[C@]4(C)C3CC[C@@]21C. The van der Waals surface area contributed by atoms with E-state index in [0.717, 1.165) is 66.1 Å². The summed E-state index contributed by atoms with van der Waals surface area (Å²) in [5, 5.41) is 10.3. The third kappa shape index (κ3) is 3.11. The third-order valence-corrected chi connectivity index (χ3v) is 12.1. The molecule has 0 saturated heterocycles. The highest BCUT2D eigenvalue weighted by Gasteiger charge is 2.61. The van der Waals surface area contributed by atoms with Crippen molar-refractivity contribution in [3.05, 3.63) is 11.6 Å². The Kier molecular flexibility index (Phi) is 5.28. The zero-order valence-corrected chi connectivity index (χ0v) is 20.7. The summed E-state index contributed by atoms with van der Waals surface area (Å²) < 4.78 is 0. The van der Waals surface area contributed by atoms with Crippen molar-refractivity contribution in [2.45, 2.75) is 105 Å². The second kappa shape index (κ2) is 7.36. The lowest BCUT2D eigenvalue weighted by atomic mass is 9.47. The standard InChI is InChI=1S/C29H48O/c1-17(2)18(3)23-16-24(23)19(4)25-9-10-26-22-8-7-20-15-21(30)11-13-28(20,5)27(22)12-14-29(25,26)6/h7,17-19,21-27,30H,8-16H2,1-6H3/t18?,19?,21-,22?,23?,24?,25+,26?,27?,28-,29+/m0/s1. The second-order valence-electron chi connectivity index (χ2n) is 13.4. The summed E-state index contributed by atoms with van der Waals surface area (Å²) in [6.07, 6.45) is 14.4. The van der Waals surface area contributed by atoms with Crippen LogP contribution >= 0.6 is 0 Å².